The zero-order chi connectivity index (χ0) is 21.4. The lowest BCUT2D eigenvalue weighted by atomic mass is 9.96. The van der Waals surface area contributed by atoms with Gasteiger partial charge in [0.15, 0.2) is 5.96 Å². The van der Waals surface area contributed by atoms with Crippen LogP contribution in [0, 0.1) is 12.8 Å². The van der Waals surface area contributed by atoms with Gasteiger partial charge < -0.3 is 15.7 Å². The Bertz CT molecular complexity index is 784. The van der Waals surface area contributed by atoms with Gasteiger partial charge in [-0.05, 0) is 80.6 Å². The van der Waals surface area contributed by atoms with Gasteiger partial charge in [0, 0.05) is 19.6 Å². The molecule has 1 aliphatic rings. The van der Waals surface area contributed by atoms with E-state index in [4.69, 9.17) is 0 Å². The van der Waals surface area contributed by atoms with Gasteiger partial charge in [-0.1, -0.05) is 29.8 Å². The summed E-state index contributed by atoms with van der Waals surface area (Å²) in [6, 6.07) is 10.8. The zero-order valence-corrected chi connectivity index (χ0v) is 22.1. The van der Waals surface area contributed by atoms with Crippen LogP contribution in [-0.2, 0) is 12.1 Å². The number of aliphatic imine (C=N–C) groups is 1. The van der Waals surface area contributed by atoms with Crippen LogP contribution in [0.15, 0.2) is 46.1 Å². The van der Waals surface area contributed by atoms with E-state index in [9.17, 15) is 5.11 Å². The van der Waals surface area contributed by atoms with Crippen LogP contribution < -0.4 is 10.6 Å². The van der Waals surface area contributed by atoms with Crippen molar-refractivity contribution in [3.8, 4) is 0 Å². The molecule has 31 heavy (non-hydrogen) atoms. The Hall–Kier alpha value is -1.16. The molecule has 3 rings (SSSR count). The van der Waals surface area contributed by atoms with Crippen LogP contribution in [0.1, 0.15) is 43.4 Å². The third kappa shape index (κ3) is 8.36. The first-order chi connectivity index (χ1) is 14.5. The van der Waals surface area contributed by atoms with E-state index in [1.165, 1.54) is 24.0 Å². The van der Waals surface area contributed by atoms with Gasteiger partial charge in [0.05, 0.1) is 6.54 Å². The lowest BCUT2D eigenvalue weighted by Crippen LogP contribution is -2.43. The highest BCUT2D eigenvalue weighted by atomic mass is 127. The maximum atomic E-state index is 10.7. The maximum absolute atomic E-state index is 10.7. The van der Waals surface area contributed by atoms with Crippen molar-refractivity contribution >= 4 is 41.3 Å². The van der Waals surface area contributed by atoms with Crippen molar-refractivity contribution in [2.24, 2.45) is 10.9 Å². The first-order valence-corrected chi connectivity index (χ1v) is 12.0. The molecule has 0 radical (unpaired) electrons. The monoisotopic (exact) mass is 556 g/mol. The number of thiophene rings is 1. The van der Waals surface area contributed by atoms with E-state index in [2.05, 4.69) is 58.6 Å². The predicted molar refractivity (Wildman–Crippen MR) is 142 cm³/mol. The van der Waals surface area contributed by atoms with Gasteiger partial charge in [-0.3, -0.25) is 4.90 Å². The molecule has 0 spiro atoms. The van der Waals surface area contributed by atoms with Crippen LogP contribution in [0.25, 0.3) is 0 Å². The molecule has 0 saturated carbocycles. The van der Waals surface area contributed by atoms with Gasteiger partial charge in [0.25, 0.3) is 0 Å². The molecule has 1 saturated heterocycles. The third-order valence-corrected chi connectivity index (χ3v) is 6.51. The number of nitrogens with one attached hydrogen (secondary N) is 2. The van der Waals surface area contributed by atoms with E-state index >= 15 is 0 Å². The molecular formula is C24H37IN4OS. The van der Waals surface area contributed by atoms with E-state index in [0.29, 0.717) is 12.5 Å². The summed E-state index contributed by atoms with van der Waals surface area (Å²) in [5.74, 6) is 1.44. The van der Waals surface area contributed by atoms with E-state index in [-0.39, 0.29) is 24.0 Å². The summed E-state index contributed by atoms with van der Waals surface area (Å²) in [5.41, 5.74) is 2.70. The summed E-state index contributed by atoms with van der Waals surface area (Å²) in [7, 11) is 0. The molecular weight excluding hydrogens is 519 g/mol. The highest BCUT2D eigenvalue weighted by molar-refractivity contribution is 14.0. The molecule has 1 atom stereocenters. The van der Waals surface area contributed by atoms with Crippen molar-refractivity contribution < 1.29 is 5.11 Å². The highest BCUT2D eigenvalue weighted by Gasteiger charge is 2.24. The van der Waals surface area contributed by atoms with E-state index < -0.39 is 5.60 Å². The minimum absolute atomic E-state index is 0. The molecule has 1 aromatic heterocycles. The molecule has 1 aliphatic heterocycles. The average molecular weight is 557 g/mol. The van der Waals surface area contributed by atoms with Crippen molar-refractivity contribution in [3.63, 3.8) is 0 Å². The average Bonchev–Trinajstić information content (AvgIpc) is 3.29. The topological polar surface area (TPSA) is 59.9 Å². The number of rotatable bonds is 8. The van der Waals surface area contributed by atoms with Crippen LogP contribution in [0.3, 0.4) is 0 Å². The zero-order valence-electron chi connectivity index (χ0n) is 18.9. The Morgan fingerprint density at radius 3 is 2.52 bits per heavy atom. The quantitative estimate of drug-likeness (QED) is 0.257. The predicted octanol–water partition coefficient (Wildman–Crippen LogP) is 4.35. The number of likely N-dealkylation sites (tertiary alicyclic amines) is 1. The van der Waals surface area contributed by atoms with Gasteiger partial charge in [0.2, 0.25) is 0 Å². The summed E-state index contributed by atoms with van der Waals surface area (Å²) in [6.45, 7) is 11.4. The van der Waals surface area contributed by atoms with Crippen molar-refractivity contribution in [2.75, 3.05) is 32.7 Å². The Morgan fingerprint density at radius 2 is 1.90 bits per heavy atom. The second-order valence-corrected chi connectivity index (χ2v) is 9.35. The Labute approximate surface area is 208 Å². The molecule has 172 valence electrons. The van der Waals surface area contributed by atoms with Crippen LogP contribution in [0.2, 0.25) is 0 Å². The number of halogens is 1. The standard InChI is InChI=1S/C24H36N4OS.HI/c1-4-25-23(27-18-24(3,29)22-11-14-30-17-22)26-15-20-9-12-28(13-10-20)16-21-7-5-19(2)6-8-21;/h5-8,11,14,17,20,29H,4,9-10,12-13,15-16,18H2,1-3H3,(H2,25,26,27);1H. The number of hydrogen-bond donors (Lipinski definition) is 3. The van der Waals surface area contributed by atoms with Gasteiger partial charge in [-0.15, -0.1) is 24.0 Å². The summed E-state index contributed by atoms with van der Waals surface area (Å²) in [5, 5.41) is 21.5. The van der Waals surface area contributed by atoms with Gasteiger partial charge in [-0.2, -0.15) is 11.3 Å². The van der Waals surface area contributed by atoms with Crippen LogP contribution in [0.5, 0.6) is 0 Å². The van der Waals surface area contributed by atoms with E-state index in [1.807, 2.05) is 23.8 Å². The molecule has 1 fully saturated rings. The maximum Gasteiger partial charge on any atom is 0.191 e. The molecule has 2 aromatic rings. The Morgan fingerprint density at radius 1 is 1.19 bits per heavy atom. The largest absolute Gasteiger partial charge is 0.383 e. The van der Waals surface area contributed by atoms with Crippen molar-refractivity contribution in [3.05, 3.63) is 57.8 Å². The van der Waals surface area contributed by atoms with Gasteiger partial charge in [0.1, 0.15) is 5.60 Å². The van der Waals surface area contributed by atoms with Crippen LogP contribution in [-0.4, -0.2) is 48.7 Å². The number of aryl methyl sites for hydroxylation is 1. The molecule has 0 aliphatic carbocycles. The molecule has 5 nitrogen and oxygen atoms in total. The molecule has 0 amide bonds. The van der Waals surface area contributed by atoms with Crippen molar-refractivity contribution in [2.45, 2.75) is 45.8 Å². The summed E-state index contributed by atoms with van der Waals surface area (Å²) in [4.78, 5) is 7.20. The number of aliphatic hydroxyl groups is 1. The second kappa shape index (κ2) is 12.8. The SMILES string of the molecule is CCNC(=NCC(C)(O)c1ccsc1)NCC1CCN(Cc2ccc(C)cc2)CC1.I. The van der Waals surface area contributed by atoms with Gasteiger partial charge in [-0.25, -0.2) is 4.99 Å². The smallest absolute Gasteiger partial charge is 0.191 e. The fourth-order valence-electron chi connectivity index (χ4n) is 3.78. The fraction of sp³-hybridized carbons (Fsp3) is 0.542. The highest BCUT2D eigenvalue weighted by Crippen LogP contribution is 2.23. The summed E-state index contributed by atoms with van der Waals surface area (Å²) >= 11 is 1.60. The molecule has 0 bridgehead atoms. The molecule has 1 aromatic carbocycles. The van der Waals surface area contributed by atoms with E-state index in [1.54, 1.807) is 11.3 Å². The second-order valence-electron chi connectivity index (χ2n) is 8.57. The van der Waals surface area contributed by atoms with Crippen LogP contribution >= 0.6 is 35.3 Å². The van der Waals surface area contributed by atoms with Crippen molar-refractivity contribution in [1.82, 2.24) is 15.5 Å². The minimum Gasteiger partial charge on any atom is -0.383 e. The first kappa shape index (κ1) is 26.1. The molecule has 1 unspecified atom stereocenters. The fourth-order valence-corrected chi connectivity index (χ4v) is 4.56. The lowest BCUT2D eigenvalue weighted by Gasteiger charge is -2.32. The third-order valence-electron chi connectivity index (χ3n) is 5.82. The number of guanidine groups is 1. The minimum atomic E-state index is -0.941. The summed E-state index contributed by atoms with van der Waals surface area (Å²) in [6.07, 6.45) is 2.40. The molecule has 7 heteroatoms. The number of nitrogens with zero attached hydrogens (tertiary/aromatic N) is 2. The van der Waals surface area contributed by atoms with E-state index in [0.717, 1.165) is 44.2 Å². The lowest BCUT2D eigenvalue weighted by molar-refractivity contribution is 0.0677. The Kier molecular flexibility index (Phi) is 10.7. The number of hydrogen-bond acceptors (Lipinski definition) is 4. The van der Waals surface area contributed by atoms with Crippen LogP contribution in [0.4, 0.5) is 0 Å². The molecule has 3 N–H and O–H groups in total. The number of benzene rings is 1. The Balaban J connectivity index is 0.00000341. The number of piperidine rings is 1. The van der Waals surface area contributed by atoms with Gasteiger partial charge >= 0.3 is 0 Å². The summed E-state index contributed by atoms with van der Waals surface area (Å²) < 4.78 is 0. The normalized spacial score (nSPS) is 17.6. The van der Waals surface area contributed by atoms with Crippen molar-refractivity contribution in [1.29, 1.82) is 0 Å². The molecule has 2 heterocycles. The first-order valence-electron chi connectivity index (χ1n) is 11.0.